The molecule has 108 valence electrons. The standard InChI is InChI=1S/C12H12ClFN2O4/c13-7-1-2-8(14)9(5-7)15-12(19)16-3-4-20-10(6-16)11(17)18/h1-2,5,10H,3-4,6H2,(H,15,19)(H,17,18). The van der Waals surface area contributed by atoms with Gasteiger partial charge in [-0.15, -0.1) is 0 Å². The molecule has 1 aliphatic heterocycles. The van der Waals surface area contributed by atoms with Crippen LogP contribution in [0.2, 0.25) is 5.02 Å². The third-order valence-corrected chi connectivity index (χ3v) is 3.03. The van der Waals surface area contributed by atoms with Crippen molar-refractivity contribution >= 4 is 29.3 Å². The number of benzene rings is 1. The molecular formula is C12H12ClFN2O4. The van der Waals surface area contributed by atoms with Crippen LogP contribution in [0.4, 0.5) is 14.9 Å². The molecule has 1 heterocycles. The Morgan fingerprint density at radius 1 is 1.50 bits per heavy atom. The van der Waals surface area contributed by atoms with Crippen LogP contribution in [0.5, 0.6) is 0 Å². The molecular weight excluding hydrogens is 291 g/mol. The average Bonchev–Trinajstić information content (AvgIpc) is 2.43. The zero-order valence-electron chi connectivity index (χ0n) is 10.3. The molecule has 0 saturated carbocycles. The lowest BCUT2D eigenvalue weighted by molar-refractivity contribution is -0.154. The number of carbonyl (C=O) groups is 2. The number of nitrogens with zero attached hydrogens (tertiary/aromatic N) is 1. The fourth-order valence-electron chi connectivity index (χ4n) is 1.77. The highest BCUT2D eigenvalue weighted by Gasteiger charge is 2.29. The number of rotatable bonds is 2. The van der Waals surface area contributed by atoms with Crippen molar-refractivity contribution < 1.29 is 23.8 Å². The minimum atomic E-state index is -1.14. The molecule has 1 atom stereocenters. The molecule has 6 nitrogen and oxygen atoms in total. The molecule has 0 radical (unpaired) electrons. The number of hydrogen-bond acceptors (Lipinski definition) is 3. The molecule has 1 unspecified atom stereocenters. The SMILES string of the molecule is O=C(O)C1CN(C(=O)Nc2cc(Cl)ccc2F)CCO1. The smallest absolute Gasteiger partial charge is 0.334 e. The summed E-state index contributed by atoms with van der Waals surface area (Å²) in [6.45, 7) is 0.254. The number of halogens is 2. The van der Waals surface area contributed by atoms with Gasteiger partial charge in [0.1, 0.15) is 5.82 Å². The van der Waals surface area contributed by atoms with Gasteiger partial charge >= 0.3 is 12.0 Å². The van der Waals surface area contributed by atoms with Crippen LogP contribution in [0.15, 0.2) is 18.2 Å². The summed E-state index contributed by atoms with van der Waals surface area (Å²) in [7, 11) is 0. The van der Waals surface area contributed by atoms with Gasteiger partial charge in [0.15, 0.2) is 6.10 Å². The quantitative estimate of drug-likeness (QED) is 0.873. The topological polar surface area (TPSA) is 78.9 Å². The van der Waals surface area contributed by atoms with Crippen molar-refractivity contribution in [1.29, 1.82) is 0 Å². The highest BCUT2D eigenvalue weighted by atomic mass is 35.5. The maximum Gasteiger partial charge on any atom is 0.334 e. The maximum absolute atomic E-state index is 13.5. The number of carboxylic acids is 1. The van der Waals surface area contributed by atoms with Crippen molar-refractivity contribution in [3.05, 3.63) is 29.0 Å². The summed E-state index contributed by atoms with van der Waals surface area (Å²) in [5, 5.41) is 11.5. The number of anilines is 1. The maximum atomic E-state index is 13.5. The van der Waals surface area contributed by atoms with E-state index >= 15 is 0 Å². The predicted molar refractivity (Wildman–Crippen MR) is 69.4 cm³/mol. The van der Waals surface area contributed by atoms with Gasteiger partial charge < -0.3 is 20.1 Å². The van der Waals surface area contributed by atoms with Crippen LogP contribution in [0, 0.1) is 5.82 Å². The molecule has 0 aliphatic carbocycles. The van der Waals surface area contributed by atoms with E-state index in [4.69, 9.17) is 21.4 Å². The van der Waals surface area contributed by atoms with E-state index in [-0.39, 0.29) is 30.4 Å². The van der Waals surface area contributed by atoms with Gasteiger partial charge in [-0.1, -0.05) is 11.6 Å². The molecule has 0 spiro atoms. The Bertz CT molecular complexity index is 540. The second-order valence-electron chi connectivity index (χ2n) is 4.20. The second-order valence-corrected chi connectivity index (χ2v) is 4.63. The Balaban J connectivity index is 2.04. The summed E-state index contributed by atoms with van der Waals surface area (Å²) < 4.78 is 18.5. The highest BCUT2D eigenvalue weighted by molar-refractivity contribution is 6.30. The summed E-state index contributed by atoms with van der Waals surface area (Å²) in [6, 6.07) is 3.18. The van der Waals surface area contributed by atoms with E-state index in [9.17, 15) is 14.0 Å². The van der Waals surface area contributed by atoms with E-state index in [1.807, 2.05) is 0 Å². The van der Waals surface area contributed by atoms with Crippen molar-refractivity contribution in [2.24, 2.45) is 0 Å². The van der Waals surface area contributed by atoms with Gasteiger partial charge in [0.25, 0.3) is 0 Å². The van der Waals surface area contributed by atoms with E-state index < -0.39 is 23.9 Å². The van der Waals surface area contributed by atoms with Crippen LogP contribution in [-0.4, -0.2) is 47.8 Å². The molecule has 2 amide bonds. The molecule has 20 heavy (non-hydrogen) atoms. The molecule has 2 rings (SSSR count). The molecule has 1 fully saturated rings. The normalized spacial score (nSPS) is 18.7. The molecule has 0 bridgehead atoms. The molecule has 1 aliphatic rings. The van der Waals surface area contributed by atoms with E-state index in [0.29, 0.717) is 0 Å². The van der Waals surface area contributed by atoms with Gasteiger partial charge in [-0.2, -0.15) is 0 Å². The predicted octanol–water partition coefficient (Wildman–Crippen LogP) is 1.80. The van der Waals surface area contributed by atoms with E-state index in [2.05, 4.69) is 5.32 Å². The van der Waals surface area contributed by atoms with Gasteiger partial charge in [0.2, 0.25) is 0 Å². The van der Waals surface area contributed by atoms with Crippen LogP contribution < -0.4 is 5.32 Å². The summed E-state index contributed by atoms with van der Waals surface area (Å²) >= 11 is 5.72. The second kappa shape index (κ2) is 6.06. The summed E-state index contributed by atoms with van der Waals surface area (Å²) in [5.74, 6) is -1.76. The number of urea groups is 1. The minimum Gasteiger partial charge on any atom is -0.479 e. The first-order valence-corrected chi connectivity index (χ1v) is 6.20. The number of morpholine rings is 1. The van der Waals surface area contributed by atoms with Crippen LogP contribution in [0.3, 0.4) is 0 Å². The third-order valence-electron chi connectivity index (χ3n) is 2.80. The Morgan fingerprint density at radius 3 is 2.95 bits per heavy atom. The van der Waals surface area contributed by atoms with Crippen LogP contribution in [0.1, 0.15) is 0 Å². The lowest BCUT2D eigenvalue weighted by Crippen LogP contribution is -2.50. The zero-order chi connectivity index (χ0) is 14.7. The summed E-state index contributed by atoms with van der Waals surface area (Å²) in [6.07, 6.45) is -1.07. The number of carboxylic acid groups (broad SMARTS) is 1. The summed E-state index contributed by atoms with van der Waals surface area (Å²) in [5.41, 5.74) is -0.0548. The number of amides is 2. The van der Waals surface area contributed by atoms with Crippen molar-refractivity contribution in [3.63, 3.8) is 0 Å². The Hall–Kier alpha value is -1.86. The Kier molecular flexibility index (Phi) is 4.41. The Labute approximate surface area is 119 Å². The summed E-state index contributed by atoms with van der Waals surface area (Å²) in [4.78, 5) is 24.0. The van der Waals surface area contributed by atoms with Gasteiger partial charge in [0.05, 0.1) is 18.8 Å². The molecule has 1 aromatic rings. The monoisotopic (exact) mass is 302 g/mol. The van der Waals surface area contributed by atoms with Crippen LogP contribution in [-0.2, 0) is 9.53 Å². The zero-order valence-corrected chi connectivity index (χ0v) is 11.1. The highest BCUT2D eigenvalue weighted by Crippen LogP contribution is 2.20. The van der Waals surface area contributed by atoms with Crippen molar-refractivity contribution in [2.75, 3.05) is 25.0 Å². The molecule has 1 saturated heterocycles. The molecule has 8 heteroatoms. The third kappa shape index (κ3) is 3.37. The van der Waals surface area contributed by atoms with E-state index in [0.717, 1.165) is 6.07 Å². The largest absolute Gasteiger partial charge is 0.479 e. The first-order chi connectivity index (χ1) is 9.47. The number of ether oxygens (including phenoxy) is 1. The fraction of sp³-hybridized carbons (Fsp3) is 0.333. The van der Waals surface area contributed by atoms with Gasteiger partial charge in [-0.05, 0) is 18.2 Å². The minimum absolute atomic E-state index is 0.0548. The van der Waals surface area contributed by atoms with Gasteiger partial charge in [0, 0.05) is 11.6 Å². The number of carbonyl (C=O) groups excluding carboxylic acids is 1. The number of nitrogens with one attached hydrogen (secondary N) is 1. The lowest BCUT2D eigenvalue weighted by atomic mass is 10.2. The molecule has 2 N–H and O–H groups in total. The average molecular weight is 303 g/mol. The first-order valence-electron chi connectivity index (χ1n) is 5.83. The van der Waals surface area contributed by atoms with Crippen molar-refractivity contribution in [1.82, 2.24) is 4.90 Å². The van der Waals surface area contributed by atoms with Crippen LogP contribution in [0.25, 0.3) is 0 Å². The lowest BCUT2D eigenvalue weighted by Gasteiger charge is -2.30. The molecule has 1 aromatic carbocycles. The van der Waals surface area contributed by atoms with E-state index in [1.165, 1.54) is 17.0 Å². The van der Waals surface area contributed by atoms with Crippen LogP contribution >= 0.6 is 11.6 Å². The molecule has 0 aromatic heterocycles. The van der Waals surface area contributed by atoms with Crippen molar-refractivity contribution in [3.8, 4) is 0 Å². The fourth-order valence-corrected chi connectivity index (χ4v) is 1.94. The number of aliphatic carboxylic acids is 1. The van der Waals surface area contributed by atoms with Gasteiger partial charge in [-0.25, -0.2) is 14.0 Å². The van der Waals surface area contributed by atoms with E-state index in [1.54, 1.807) is 0 Å². The Morgan fingerprint density at radius 2 is 2.25 bits per heavy atom. The van der Waals surface area contributed by atoms with Crippen molar-refractivity contribution in [2.45, 2.75) is 6.10 Å². The number of hydrogen-bond donors (Lipinski definition) is 2. The van der Waals surface area contributed by atoms with Gasteiger partial charge in [-0.3, -0.25) is 0 Å². The first kappa shape index (κ1) is 14.5.